The molecule has 1 N–H and O–H groups in total. The third kappa shape index (κ3) is 4.55. The Morgan fingerprint density at radius 3 is 2.32 bits per heavy atom. The van der Waals surface area contributed by atoms with Crippen molar-refractivity contribution in [1.29, 1.82) is 0 Å². The number of amides is 2. The number of rotatable bonds is 6. The molecule has 160 valence electrons. The Balaban J connectivity index is 1.82. The lowest BCUT2D eigenvalue weighted by Crippen LogP contribution is -2.46. The van der Waals surface area contributed by atoms with Gasteiger partial charge in [0.05, 0.1) is 6.26 Å². The summed E-state index contributed by atoms with van der Waals surface area (Å²) >= 11 is 0. The van der Waals surface area contributed by atoms with E-state index in [0.29, 0.717) is 5.69 Å². The lowest BCUT2D eigenvalue weighted by atomic mass is 10.00. The summed E-state index contributed by atoms with van der Waals surface area (Å²) in [5.41, 5.74) is 3.46. The van der Waals surface area contributed by atoms with Gasteiger partial charge in [-0.3, -0.25) is 14.5 Å². The summed E-state index contributed by atoms with van der Waals surface area (Å²) in [7, 11) is 0. The number of furan rings is 1. The molecule has 1 atom stereocenters. The Kier molecular flexibility index (Phi) is 6.21. The van der Waals surface area contributed by atoms with Crippen LogP contribution in [0.4, 0.5) is 5.69 Å². The van der Waals surface area contributed by atoms with Gasteiger partial charge in [-0.15, -0.1) is 0 Å². The van der Waals surface area contributed by atoms with Crippen molar-refractivity contribution in [3.63, 3.8) is 0 Å². The highest BCUT2D eigenvalue weighted by Gasteiger charge is 2.36. The Morgan fingerprint density at radius 1 is 0.968 bits per heavy atom. The van der Waals surface area contributed by atoms with Gasteiger partial charge in [-0.1, -0.05) is 60.9 Å². The van der Waals surface area contributed by atoms with Gasteiger partial charge in [0.1, 0.15) is 6.04 Å². The Morgan fingerprint density at radius 2 is 1.68 bits per heavy atom. The molecule has 0 saturated heterocycles. The Labute approximate surface area is 183 Å². The van der Waals surface area contributed by atoms with Gasteiger partial charge >= 0.3 is 0 Å². The van der Waals surface area contributed by atoms with Gasteiger partial charge in [0.15, 0.2) is 5.76 Å². The second-order valence-corrected chi connectivity index (χ2v) is 8.24. The van der Waals surface area contributed by atoms with E-state index in [-0.39, 0.29) is 23.6 Å². The van der Waals surface area contributed by atoms with Crippen molar-refractivity contribution in [2.75, 3.05) is 4.90 Å². The molecule has 1 aliphatic carbocycles. The standard InChI is InChI=1S/C26H28N2O3/c1-18-13-15-20(16-14-18)24(25(29)27-21-9-4-5-10-21)28(22-11-6-3-8-19(22)2)26(30)23-12-7-17-31-23/h3,6-8,11-17,21,24H,4-5,9-10H2,1-2H3,(H,27,29). The van der Waals surface area contributed by atoms with Gasteiger partial charge in [-0.05, 0) is 56.0 Å². The number of benzene rings is 2. The third-order valence-corrected chi connectivity index (χ3v) is 5.93. The first-order chi connectivity index (χ1) is 15.0. The minimum atomic E-state index is -0.806. The van der Waals surface area contributed by atoms with Crippen molar-refractivity contribution in [2.24, 2.45) is 0 Å². The van der Waals surface area contributed by atoms with E-state index in [4.69, 9.17) is 4.42 Å². The summed E-state index contributed by atoms with van der Waals surface area (Å²) in [6.45, 7) is 3.95. The molecule has 2 amide bonds. The number of nitrogens with zero attached hydrogens (tertiary/aromatic N) is 1. The minimum Gasteiger partial charge on any atom is -0.459 e. The van der Waals surface area contributed by atoms with E-state index in [0.717, 1.165) is 42.4 Å². The van der Waals surface area contributed by atoms with Crippen LogP contribution in [0.15, 0.2) is 71.3 Å². The van der Waals surface area contributed by atoms with Crippen molar-refractivity contribution in [3.8, 4) is 0 Å². The quantitative estimate of drug-likeness (QED) is 0.590. The predicted octanol–water partition coefficient (Wildman–Crippen LogP) is 5.34. The number of para-hydroxylation sites is 1. The number of hydrogen-bond donors (Lipinski definition) is 1. The zero-order chi connectivity index (χ0) is 21.8. The summed E-state index contributed by atoms with van der Waals surface area (Å²) in [5, 5.41) is 3.20. The van der Waals surface area contributed by atoms with Crippen LogP contribution in [-0.2, 0) is 4.79 Å². The molecule has 0 aliphatic heterocycles. The molecule has 1 saturated carbocycles. The molecule has 1 heterocycles. The summed E-state index contributed by atoms with van der Waals surface area (Å²) in [4.78, 5) is 28.9. The topological polar surface area (TPSA) is 62.6 Å². The van der Waals surface area contributed by atoms with E-state index < -0.39 is 6.04 Å². The zero-order valence-electron chi connectivity index (χ0n) is 18.0. The maximum absolute atomic E-state index is 13.6. The lowest BCUT2D eigenvalue weighted by molar-refractivity contribution is -0.123. The van der Waals surface area contributed by atoms with E-state index in [1.165, 1.54) is 6.26 Å². The molecule has 5 nitrogen and oxygen atoms in total. The number of aryl methyl sites for hydroxylation is 2. The lowest BCUT2D eigenvalue weighted by Gasteiger charge is -2.32. The van der Waals surface area contributed by atoms with E-state index in [9.17, 15) is 9.59 Å². The first-order valence-corrected chi connectivity index (χ1v) is 10.8. The van der Waals surface area contributed by atoms with E-state index >= 15 is 0 Å². The van der Waals surface area contributed by atoms with Crippen LogP contribution < -0.4 is 10.2 Å². The van der Waals surface area contributed by atoms with Gasteiger partial charge in [0.25, 0.3) is 5.91 Å². The molecule has 0 spiro atoms. The average molecular weight is 417 g/mol. The highest BCUT2D eigenvalue weighted by molar-refractivity contribution is 6.09. The van der Waals surface area contributed by atoms with Crippen molar-refractivity contribution in [1.82, 2.24) is 5.32 Å². The van der Waals surface area contributed by atoms with Gasteiger partial charge < -0.3 is 9.73 Å². The molecule has 1 unspecified atom stereocenters. The van der Waals surface area contributed by atoms with Crippen molar-refractivity contribution in [2.45, 2.75) is 51.6 Å². The van der Waals surface area contributed by atoms with Crippen LogP contribution in [0.25, 0.3) is 0 Å². The molecule has 1 aromatic heterocycles. The van der Waals surface area contributed by atoms with E-state index in [1.54, 1.807) is 17.0 Å². The van der Waals surface area contributed by atoms with Gasteiger partial charge in [-0.2, -0.15) is 0 Å². The Bertz CT molecular complexity index is 1030. The summed E-state index contributed by atoms with van der Waals surface area (Å²) in [6, 6.07) is 18.1. The number of carbonyl (C=O) groups is 2. The van der Waals surface area contributed by atoms with Crippen LogP contribution in [0.1, 0.15) is 59.0 Å². The average Bonchev–Trinajstić information content (AvgIpc) is 3.47. The van der Waals surface area contributed by atoms with E-state index in [2.05, 4.69) is 5.32 Å². The SMILES string of the molecule is Cc1ccc(C(C(=O)NC2CCCC2)N(C(=O)c2ccco2)c2ccccc2C)cc1. The second kappa shape index (κ2) is 9.21. The van der Waals surface area contributed by atoms with Crippen molar-refractivity contribution >= 4 is 17.5 Å². The van der Waals surface area contributed by atoms with Crippen LogP contribution in [0.5, 0.6) is 0 Å². The minimum absolute atomic E-state index is 0.151. The molecule has 0 radical (unpaired) electrons. The van der Waals surface area contributed by atoms with Gasteiger partial charge in [-0.25, -0.2) is 0 Å². The first-order valence-electron chi connectivity index (χ1n) is 10.8. The molecule has 4 rings (SSSR count). The number of hydrogen-bond acceptors (Lipinski definition) is 3. The van der Waals surface area contributed by atoms with Gasteiger partial charge in [0, 0.05) is 11.7 Å². The molecule has 5 heteroatoms. The highest BCUT2D eigenvalue weighted by Crippen LogP contribution is 2.33. The first kappa shape index (κ1) is 20.9. The summed E-state index contributed by atoms with van der Waals surface area (Å²) in [5.74, 6) is -0.306. The fourth-order valence-electron chi connectivity index (χ4n) is 4.24. The molecular formula is C26H28N2O3. The maximum Gasteiger partial charge on any atom is 0.294 e. The fraction of sp³-hybridized carbons (Fsp3) is 0.308. The predicted molar refractivity (Wildman–Crippen MR) is 121 cm³/mol. The smallest absolute Gasteiger partial charge is 0.294 e. The second-order valence-electron chi connectivity index (χ2n) is 8.24. The number of nitrogens with one attached hydrogen (secondary N) is 1. The molecular weight excluding hydrogens is 388 g/mol. The monoisotopic (exact) mass is 416 g/mol. The van der Waals surface area contributed by atoms with E-state index in [1.807, 2.05) is 62.4 Å². The fourth-order valence-corrected chi connectivity index (χ4v) is 4.24. The molecule has 1 fully saturated rings. The normalized spacial score (nSPS) is 14.9. The largest absolute Gasteiger partial charge is 0.459 e. The van der Waals surface area contributed by atoms with Crippen LogP contribution in [0.3, 0.4) is 0 Å². The summed E-state index contributed by atoms with van der Waals surface area (Å²) in [6.07, 6.45) is 5.66. The Hall–Kier alpha value is -3.34. The molecule has 2 aromatic carbocycles. The van der Waals surface area contributed by atoms with Gasteiger partial charge in [0.2, 0.25) is 5.91 Å². The van der Waals surface area contributed by atoms with Crippen LogP contribution in [0, 0.1) is 13.8 Å². The third-order valence-electron chi connectivity index (χ3n) is 5.93. The number of anilines is 1. The van der Waals surface area contributed by atoms with Crippen LogP contribution >= 0.6 is 0 Å². The molecule has 31 heavy (non-hydrogen) atoms. The highest BCUT2D eigenvalue weighted by atomic mass is 16.3. The van der Waals surface area contributed by atoms with Crippen LogP contribution in [-0.4, -0.2) is 17.9 Å². The zero-order valence-corrected chi connectivity index (χ0v) is 18.0. The van der Waals surface area contributed by atoms with Crippen LogP contribution in [0.2, 0.25) is 0 Å². The molecule has 3 aromatic rings. The molecule has 1 aliphatic rings. The maximum atomic E-state index is 13.6. The molecule has 0 bridgehead atoms. The number of carbonyl (C=O) groups excluding carboxylic acids is 2. The van der Waals surface area contributed by atoms with Crippen molar-refractivity contribution in [3.05, 3.63) is 89.4 Å². The summed E-state index contributed by atoms with van der Waals surface area (Å²) < 4.78 is 5.43. The van der Waals surface area contributed by atoms with Crippen molar-refractivity contribution < 1.29 is 14.0 Å².